The maximum Gasteiger partial charge on any atom is 0.239 e. The largest absolute Gasteiger partial charge is 0.348 e. The average Bonchev–Trinajstić information content (AvgIpc) is 2.54. The predicted octanol–water partition coefficient (Wildman–Crippen LogP) is 2.01. The zero-order valence-electron chi connectivity index (χ0n) is 15.1. The van der Waals surface area contributed by atoms with Crippen LogP contribution in [-0.2, 0) is 15.0 Å². The molecule has 2 atom stereocenters. The van der Waals surface area contributed by atoms with Crippen molar-refractivity contribution in [1.82, 2.24) is 10.6 Å². The summed E-state index contributed by atoms with van der Waals surface area (Å²) < 4.78 is 0. The number of fused-ring (bicyclic) bond motifs is 1. The number of nitrogens with two attached hydrogens (primary N) is 1. The van der Waals surface area contributed by atoms with Gasteiger partial charge in [0.25, 0.3) is 0 Å². The van der Waals surface area contributed by atoms with E-state index in [0.717, 1.165) is 12.8 Å². The summed E-state index contributed by atoms with van der Waals surface area (Å²) in [6, 6.07) is 7.67. The van der Waals surface area contributed by atoms with Crippen LogP contribution in [0.15, 0.2) is 24.3 Å². The molecule has 24 heavy (non-hydrogen) atoms. The van der Waals surface area contributed by atoms with Gasteiger partial charge in [0.05, 0.1) is 18.6 Å². The molecule has 5 heteroatoms. The van der Waals surface area contributed by atoms with Gasteiger partial charge < -0.3 is 16.4 Å². The number of nitrogens with one attached hydrogen (secondary N) is 2. The van der Waals surface area contributed by atoms with Crippen LogP contribution < -0.4 is 16.4 Å². The number of hydrogen-bond acceptors (Lipinski definition) is 3. The first kappa shape index (κ1) is 18.5. The fourth-order valence-electron chi connectivity index (χ4n) is 3.20. The van der Waals surface area contributed by atoms with Crippen molar-refractivity contribution in [2.75, 3.05) is 6.54 Å². The van der Waals surface area contributed by atoms with Crippen molar-refractivity contribution in [3.05, 3.63) is 35.4 Å². The minimum Gasteiger partial charge on any atom is -0.348 e. The summed E-state index contributed by atoms with van der Waals surface area (Å²) in [6.45, 7) is 8.19. The molecule has 0 spiro atoms. The van der Waals surface area contributed by atoms with Crippen LogP contribution in [0.25, 0.3) is 0 Å². The van der Waals surface area contributed by atoms with Crippen molar-refractivity contribution in [1.29, 1.82) is 0 Å². The highest BCUT2D eigenvalue weighted by atomic mass is 16.2. The molecule has 0 bridgehead atoms. The Labute approximate surface area is 144 Å². The zero-order valence-corrected chi connectivity index (χ0v) is 15.1. The maximum absolute atomic E-state index is 12.2. The summed E-state index contributed by atoms with van der Waals surface area (Å²) >= 11 is 0. The van der Waals surface area contributed by atoms with Gasteiger partial charge >= 0.3 is 0 Å². The number of hydrogen-bond donors (Lipinski definition) is 3. The van der Waals surface area contributed by atoms with Gasteiger partial charge in [-0.05, 0) is 35.3 Å². The molecule has 0 aliphatic heterocycles. The second kappa shape index (κ2) is 7.34. The highest BCUT2D eigenvalue weighted by Gasteiger charge is 2.32. The van der Waals surface area contributed by atoms with Crippen molar-refractivity contribution in [3.63, 3.8) is 0 Å². The molecule has 1 aliphatic rings. The van der Waals surface area contributed by atoms with Gasteiger partial charge in [-0.2, -0.15) is 0 Å². The van der Waals surface area contributed by atoms with Gasteiger partial charge in [-0.3, -0.25) is 9.59 Å². The minimum atomic E-state index is -0.589. The molecule has 1 aromatic carbocycles. The van der Waals surface area contributed by atoms with Crippen molar-refractivity contribution in [2.45, 2.75) is 58.0 Å². The number of amides is 2. The summed E-state index contributed by atoms with van der Waals surface area (Å²) in [5.41, 5.74) is 8.36. The fourth-order valence-corrected chi connectivity index (χ4v) is 3.20. The third-order valence-corrected chi connectivity index (χ3v) is 4.90. The molecule has 4 N–H and O–H groups in total. The van der Waals surface area contributed by atoms with E-state index < -0.39 is 6.04 Å². The van der Waals surface area contributed by atoms with Crippen LogP contribution in [0.2, 0.25) is 0 Å². The second-order valence-corrected chi connectivity index (χ2v) is 7.62. The predicted molar refractivity (Wildman–Crippen MR) is 95.4 cm³/mol. The Balaban J connectivity index is 1.97. The molecule has 1 aliphatic carbocycles. The molecule has 2 amide bonds. The second-order valence-electron chi connectivity index (χ2n) is 7.62. The molecule has 0 aromatic heterocycles. The normalized spacial score (nSPS) is 20.2. The van der Waals surface area contributed by atoms with Crippen molar-refractivity contribution in [2.24, 2.45) is 11.7 Å². The lowest BCUT2D eigenvalue weighted by atomic mass is 9.71. The molecule has 132 valence electrons. The quantitative estimate of drug-likeness (QED) is 0.772. The molecule has 1 aromatic rings. The van der Waals surface area contributed by atoms with Crippen LogP contribution >= 0.6 is 0 Å². The Bertz CT molecular complexity index is 610. The standard InChI is InChI=1S/C19H29N3O2/c1-12(2)17(20)18(24)21-11-16(23)22-15-9-10-19(3,4)14-8-6-5-7-13(14)15/h5-8,12,15,17H,9-11,20H2,1-4H3,(H,21,24)(H,22,23)/t15?,17-/m0/s1. The van der Waals surface area contributed by atoms with Gasteiger partial charge in [-0.1, -0.05) is 52.0 Å². The summed E-state index contributed by atoms with van der Waals surface area (Å²) in [4.78, 5) is 24.1. The van der Waals surface area contributed by atoms with E-state index in [-0.39, 0.29) is 35.7 Å². The average molecular weight is 331 g/mol. The lowest BCUT2D eigenvalue weighted by Crippen LogP contribution is -2.47. The molecule has 0 radical (unpaired) electrons. The van der Waals surface area contributed by atoms with Gasteiger partial charge in [-0.15, -0.1) is 0 Å². The summed E-state index contributed by atoms with van der Waals surface area (Å²) in [5.74, 6) is -0.426. The molecule has 0 heterocycles. The highest BCUT2D eigenvalue weighted by Crippen LogP contribution is 2.41. The van der Waals surface area contributed by atoms with E-state index in [1.165, 1.54) is 11.1 Å². The number of benzene rings is 1. The van der Waals surface area contributed by atoms with Gasteiger partial charge in [0, 0.05) is 0 Å². The summed E-state index contributed by atoms with van der Waals surface area (Å²) in [5, 5.41) is 5.66. The van der Waals surface area contributed by atoms with E-state index in [1.54, 1.807) is 0 Å². The smallest absolute Gasteiger partial charge is 0.239 e. The third kappa shape index (κ3) is 4.15. The van der Waals surface area contributed by atoms with E-state index >= 15 is 0 Å². The van der Waals surface area contributed by atoms with E-state index in [0.29, 0.717) is 0 Å². The first-order valence-electron chi connectivity index (χ1n) is 8.64. The van der Waals surface area contributed by atoms with Crippen LogP contribution in [0.1, 0.15) is 57.7 Å². The van der Waals surface area contributed by atoms with Gasteiger partial charge in [-0.25, -0.2) is 0 Å². The molecule has 0 saturated heterocycles. The fraction of sp³-hybridized carbons (Fsp3) is 0.579. The van der Waals surface area contributed by atoms with Crippen LogP contribution in [0.3, 0.4) is 0 Å². The van der Waals surface area contributed by atoms with E-state index in [1.807, 2.05) is 26.0 Å². The van der Waals surface area contributed by atoms with Crippen LogP contribution in [0, 0.1) is 5.92 Å². The first-order chi connectivity index (χ1) is 11.2. The molecule has 5 nitrogen and oxygen atoms in total. The van der Waals surface area contributed by atoms with Gasteiger partial charge in [0.2, 0.25) is 11.8 Å². The molecular formula is C19H29N3O2. The maximum atomic E-state index is 12.2. The van der Waals surface area contributed by atoms with Gasteiger partial charge in [0.15, 0.2) is 0 Å². The topological polar surface area (TPSA) is 84.2 Å². The van der Waals surface area contributed by atoms with Crippen LogP contribution in [0.5, 0.6) is 0 Å². The van der Waals surface area contributed by atoms with Crippen LogP contribution in [-0.4, -0.2) is 24.4 Å². The third-order valence-electron chi connectivity index (χ3n) is 4.90. The number of carbonyl (C=O) groups is 2. The Morgan fingerprint density at radius 2 is 1.96 bits per heavy atom. The molecule has 2 rings (SSSR count). The molecule has 0 saturated carbocycles. The van der Waals surface area contributed by atoms with E-state index in [2.05, 4.69) is 36.6 Å². The highest BCUT2D eigenvalue weighted by molar-refractivity contribution is 5.87. The van der Waals surface area contributed by atoms with Crippen molar-refractivity contribution < 1.29 is 9.59 Å². The molecule has 0 fully saturated rings. The molecular weight excluding hydrogens is 302 g/mol. The zero-order chi connectivity index (χ0) is 17.9. The lowest BCUT2D eigenvalue weighted by molar-refractivity contribution is -0.127. The first-order valence-corrected chi connectivity index (χ1v) is 8.64. The van der Waals surface area contributed by atoms with E-state index in [9.17, 15) is 9.59 Å². The Morgan fingerprint density at radius 3 is 2.62 bits per heavy atom. The lowest BCUT2D eigenvalue weighted by Gasteiger charge is -2.37. The SMILES string of the molecule is CC(C)[C@H](N)C(=O)NCC(=O)NC1CCC(C)(C)c2ccccc21. The Kier molecular flexibility index (Phi) is 5.65. The Morgan fingerprint density at radius 1 is 1.29 bits per heavy atom. The van der Waals surface area contributed by atoms with Crippen LogP contribution in [0.4, 0.5) is 0 Å². The molecule has 1 unspecified atom stereocenters. The number of rotatable bonds is 5. The number of carbonyl (C=O) groups excluding carboxylic acids is 2. The summed E-state index contributed by atoms with van der Waals surface area (Å²) in [7, 11) is 0. The van der Waals surface area contributed by atoms with Crippen molar-refractivity contribution in [3.8, 4) is 0 Å². The van der Waals surface area contributed by atoms with Crippen molar-refractivity contribution >= 4 is 11.8 Å². The van der Waals surface area contributed by atoms with Gasteiger partial charge in [0.1, 0.15) is 0 Å². The monoisotopic (exact) mass is 331 g/mol. The Hall–Kier alpha value is -1.88. The van der Waals surface area contributed by atoms with E-state index in [4.69, 9.17) is 5.73 Å². The minimum absolute atomic E-state index is 0.00241. The summed E-state index contributed by atoms with van der Waals surface area (Å²) in [6.07, 6.45) is 1.91.